The standard InChI is InChI=1S/C26H26ClN3O4S/c1-5-33-25(32)23-17(4)28-26-30(10-11-35-26)24(23)19-13-18(27)8-9-21(19)34-14-22(31)29-20-12-15(2)6-7-16(20)3/h6-13,24H,5,14H2,1-4H3,(H,29,31)/t24-/m1/s1. The smallest absolute Gasteiger partial charge is 0.338 e. The minimum absolute atomic E-state index is 0.211. The van der Waals surface area contributed by atoms with Gasteiger partial charge in [0.1, 0.15) is 5.75 Å². The van der Waals surface area contributed by atoms with Crippen LogP contribution in [0.15, 0.2) is 64.3 Å². The van der Waals surface area contributed by atoms with Gasteiger partial charge in [-0.15, -0.1) is 0 Å². The predicted octanol–water partition coefficient (Wildman–Crippen LogP) is 5.74. The zero-order chi connectivity index (χ0) is 25.1. The van der Waals surface area contributed by atoms with Gasteiger partial charge in [0.15, 0.2) is 11.8 Å². The number of esters is 1. The molecular weight excluding hydrogens is 486 g/mol. The van der Waals surface area contributed by atoms with Crippen molar-refractivity contribution in [1.82, 2.24) is 4.90 Å². The molecule has 1 amide bonds. The number of fused-ring (bicyclic) bond motifs is 1. The van der Waals surface area contributed by atoms with E-state index in [1.165, 1.54) is 11.8 Å². The van der Waals surface area contributed by atoms with Crippen LogP contribution in [-0.4, -0.2) is 35.2 Å². The number of anilines is 1. The molecule has 2 aromatic carbocycles. The van der Waals surface area contributed by atoms with Crippen LogP contribution in [0.3, 0.4) is 0 Å². The maximum Gasteiger partial charge on any atom is 0.338 e. The Kier molecular flexibility index (Phi) is 7.52. The molecule has 0 radical (unpaired) electrons. The van der Waals surface area contributed by atoms with Crippen LogP contribution >= 0.6 is 23.4 Å². The van der Waals surface area contributed by atoms with Gasteiger partial charge in [-0.1, -0.05) is 35.5 Å². The van der Waals surface area contributed by atoms with Crippen molar-refractivity contribution in [2.45, 2.75) is 33.7 Å². The van der Waals surface area contributed by atoms with Crippen LogP contribution in [0.5, 0.6) is 5.75 Å². The van der Waals surface area contributed by atoms with Crippen LogP contribution in [0.1, 0.15) is 36.6 Å². The number of halogens is 1. The molecule has 9 heteroatoms. The third-order valence-electron chi connectivity index (χ3n) is 5.61. The Hall–Kier alpha value is -3.23. The average molecular weight is 512 g/mol. The van der Waals surface area contributed by atoms with Gasteiger partial charge in [0.2, 0.25) is 0 Å². The number of nitrogens with one attached hydrogen (secondary N) is 1. The zero-order valence-corrected chi connectivity index (χ0v) is 21.5. The average Bonchev–Trinajstić information content (AvgIpc) is 3.28. The number of ether oxygens (including phenoxy) is 2. The Morgan fingerprint density at radius 1 is 1.17 bits per heavy atom. The molecule has 1 N–H and O–H groups in total. The van der Waals surface area contributed by atoms with Crippen molar-refractivity contribution in [3.63, 3.8) is 0 Å². The predicted molar refractivity (Wildman–Crippen MR) is 140 cm³/mol. The van der Waals surface area contributed by atoms with Gasteiger partial charge in [-0.05, 0) is 68.5 Å². The number of aryl methyl sites for hydroxylation is 2. The Bertz CT molecular complexity index is 1270. The Balaban J connectivity index is 1.64. The summed E-state index contributed by atoms with van der Waals surface area (Å²) in [6, 6.07) is 10.4. The van der Waals surface area contributed by atoms with Gasteiger partial charge in [0.25, 0.3) is 5.91 Å². The van der Waals surface area contributed by atoms with E-state index in [0.717, 1.165) is 22.0 Å². The van der Waals surface area contributed by atoms with E-state index in [1.807, 2.05) is 48.6 Å². The second-order valence-corrected chi connectivity index (χ2v) is 9.47. The third-order valence-corrected chi connectivity index (χ3v) is 6.61. The fraction of sp³-hybridized carbons (Fsp3) is 0.269. The number of hydrogen-bond donors (Lipinski definition) is 1. The molecule has 0 unspecified atom stereocenters. The van der Waals surface area contributed by atoms with Crippen LogP contribution in [0.25, 0.3) is 0 Å². The maximum atomic E-state index is 13.0. The SMILES string of the molecule is CCOC(=O)C1=C(C)N=C2SC=CN2[C@@H]1c1cc(Cl)ccc1OCC(=O)Nc1cc(C)ccc1C. The highest BCUT2D eigenvalue weighted by Crippen LogP contribution is 2.44. The highest BCUT2D eigenvalue weighted by molar-refractivity contribution is 8.16. The lowest BCUT2D eigenvalue weighted by atomic mass is 9.94. The van der Waals surface area contributed by atoms with Gasteiger partial charge in [-0.2, -0.15) is 0 Å². The molecule has 0 aromatic heterocycles. The number of allylic oxidation sites excluding steroid dienone is 1. The Morgan fingerprint density at radius 2 is 1.97 bits per heavy atom. The molecule has 2 heterocycles. The lowest BCUT2D eigenvalue weighted by Gasteiger charge is -2.34. The molecule has 4 rings (SSSR count). The number of rotatable bonds is 7. The summed E-state index contributed by atoms with van der Waals surface area (Å²) in [5.74, 6) is -0.308. The number of nitrogens with zero attached hydrogens (tertiary/aromatic N) is 2. The van der Waals surface area contributed by atoms with E-state index in [1.54, 1.807) is 32.0 Å². The fourth-order valence-electron chi connectivity index (χ4n) is 3.94. The molecule has 0 fully saturated rings. The summed E-state index contributed by atoms with van der Waals surface area (Å²) >= 11 is 7.83. The topological polar surface area (TPSA) is 80.2 Å². The monoisotopic (exact) mass is 511 g/mol. The van der Waals surface area contributed by atoms with Crippen molar-refractivity contribution in [3.05, 3.63) is 81.0 Å². The maximum absolute atomic E-state index is 13.0. The van der Waals surface area contributed by atoms with Crippen molar-refractivity contribution in [2.75, 3.05) is 18.5 Å². The van der Waals surface area contributed by atoms with Crippen molar-refractivity contribution < 1.29 is 19.1 Å². The number of hydrogen-bond acceptors (Lipinski definition) is 7. The molecule has 0 spiro atoms. The van der Waals surface area contributed by atoms with E-state index in [4.69, 9.17) is 21.1 Å². The molecule has 0 aliphatic carbocycles. The van der Waals surface area contributed by atoms with Crippen LogP contribution in [-0.2, 0) is 14.3 Å². The first kappa shape index (κ1) is 24.9. The van der Waals surface area contributed by atoms with Gasteiger partial charge >= 0.3 is 5.97 Å². The lowest BCUT2D eigenvalue weighted by Crippen LogP contribution is -2.34. The van der Waals surface area contributed by atoms with Crippen molar-refractivity contribution in [2.24, 2.45) is 4.99 Å². The first-order valence-corrected chi connectivity index (χ1v) is 12.4. The molecule has 1 atom stereocenters. The van der Waals surface area contributed by atoms with Crippen molar-refractivity contribution in [3.8, 4) is 5.75 Å². The summed E-state index contributed by atoms with van der Waals surface area (Å²) < 4.78 is 11.3. The Labute approximate surface area is 213 Å². The van der Waals surface area contributed by atoms with E-state index in [0.29, 0.717) is 27.6 Å². The largest absolute Gasteiger partial charge is 0.483 e. The summed E-state index contributed by atoms with van der Waals surface area (Å²) in [7, 11) is 0. The minimum Gasteiger partial charge on any atom is -0.483 e. The molecule has 0 bridgehead atoms. The van der Waals surface area contributed by atoms with Crippen molar-refractivity contribution >= 4 is 46.1 Å². The van der Waals surface area contributed by atoms with Crippen molar-refractivity contribution in [1.29, 1.82) is 0 Å². The number of amides is 1. The number of thioether (sulfide) groups is 1. The molecule has 2 aliphatic heterocycles. The van der Waals surface area contributed by atoms with Crippen LogP contribution in [0.2, 0.25) is 5.02 Å². The van der Waals surface area contributed by atoms with Crippen LogP contribution in [0, 0.1) is 13.8 Å². The van der Waals surface area contributed by atoms with Crippen LogP contribution < -0.4 is 10.1 Å². The molecule has 0 saturated carbocycles. The molecular formula is C26H26ClN3O4S. The molecule has 7 nitrogen and oxygen atoms in total. The number of aliphatic imine (C=N–C) groups is 1. The van der Waals surface area contributed by atoms with Gasteiger partial charge < -0.3 is 19.7 Å². The molecule has 0 saturated heterocycles. The van der Waals surface area contributed by atoms with E-state index in [9.17, 15) is 9.59 Å². The normalized spacial score (nSPS) is 16.7. The second kappa shape index (κ2) is 10.6. The highest BCUT2D eigenvalue weighted by Gasteiger charge is 2.39. The molecule has 182 valence electrons. The van der Waals surface area contributed by atoms with E-state index in [2.05, 4.69) is 10.3 Å². The van der Waals surface area contributed by atoms with E-state index in [-0.39, 0.29) is 19.1 Å². The lowest BCUT2D eigenvalue weighted by molar-refractivity contribution is -0.139. The molecule has 2 aromatic rings. The van der Waals surface area contributed by atoms with E-state index < -0.39 is 12.0 Å². The minimum atomic E-state index is -0.566. The summed E-state index contributed by atoms with van der Waals surface area (Å²) in [5.41, 5.74) is 4.35. The van der Waals surface area contributed by atoms with Crippen LogP contribution in [0.4, 0.5) is 5.69 Å². The van der Waals surface area contributed by atoms with Gasteiger partial charge in [-0.3, -0.25) is 4.79 Å². The first-order chi connectivity index (χ1) is 16.8. The third kappa shape index (κ3) is 5.39. The van der Waals surface area contributed by atoms with Gasteiger partial charge in [-0.25, -0.2) is 9.79 Å². The summed E-state index contributed by atoms with van der Waals surface area (Å²) in [6.45, 7) is 7.47. The van der Waals surface area contributed by atoms with Gasteiger partial charge in [0, 0.05) is 22.5 Å². The van der Waals surface area contributed by atoms with E-state index >= 15 is 0 Å². The summed E-state index contributed by atoms with van der Waals surface area (Å²) in [5, 5.41) is 6.02. The fourth-order valence-corrected chi connectivity index (χ4v) is 4.91. The zero-order valence-electron chi connectivity index (χ0n) is 19.9. The first-order valence-electron chi connectivity index (χ1n) is 11.2. The number of benzene rings is 2. The van der Waals surface area contributed by atoms with Gasteiger partial charge in [0.05, 0.1) is 23.9 Å². The summed E-state index contributed by atoms with van der Waals surface area (Å²) in [4.78, 5) is 32.1. The number of carbonyl (C=O) groups excluding carboxylic acids is 2. The number of carbonyl (C=O) groups is 2. The number of amidine groups is 1. The summed E-state index contributed by atoms with van der Waals surface area (Å²) in [6.07, 6.45) is 1.86. The molecule has 2 aliphatic rings. The second-order valence-electron chi connectivity index (χ2n) is 8.16. The highest BCUT2D eigenvalue weighted by atomic mass is 35.5. The quantitative estimate of drug-likeness (QED) is 0.477. The molecule has 35 heavy (non-hydrogen) atoms. The Morgan fingerprint density at radius 3 is 2.74 bits per heavy atom.